The van der Waals surface area contributed by atoms with Gasteiger partial charge in [0.2, 0.25) is 0 Å². The van der Waals surface area contributed by atoms with Crippen molar-refractivity contribution in [3.63, 3.8) is 0 Å². The minimum Gasteiger partial charge on any atom is -0.469 e. The third-order valence-corrected chi connectivity index (χ3v) is 4.65. The summed E-state index contributed by atoms with van der Waals surface area (Å²) in [6.07, 6.45) is 0.163. The molecule has 5 nitrogen and oxygen atoms in total. The summed E-state index contributed by atoms with van der Waals surface area (Å²) in [7, 11) is 1.34. The molecule has 1 atom stereocenters. The molecule has 0 aliphatic carbocycles. The van der Waals surface area contributed by atoms with Gasteiger partial charge in [0.15, 0.2) is 0 Å². The average molecular weight is 334 g/mol. The van der Waals surface area contributed by atoms with Crippen LogP contribution in [0, 0.1) is 13.8 Å². The Bertz CT molecular complexity index is 689. The van der Waals surface area contributed by atoms with E-state index in [1.54, 1.807) is 18.3 Å². The number of thiophene rings is 1. The predicted octanol–water partition coefficient (Wildman–Crippen LogP) is 2.90. The molecule has 0 spiro atoms. The second kappa shape index (κ2) is 7.46. The van der Waals surface area contributed by atoms with Crippen LogP contribution in [0.4, 0.5) is 0 Å². The second-order valence-corrected chi connectivity index (χ2v) is 6.64. The Hall–Kier alpha value is -2.08. The van der Waals surface area contributed by atoms with Crippen LogP contribution in [-0.4, -0.2) is 29.6 Å². The van der Waals surface area contributed by atoms with Crippen molar-refractivity contribution in [1.29, 1.82) is 0 Å². The summed E-state index contributed by atoms with van der Waals surface area (Å²) in [6, 6.07) is 5.73. The van der Waals surface area contributed by atoms with Crippen LogP contribution in [-0.2, 0) is 16.1 Å². The number of aromatic nitrogens is 1. The average Bonchev–Trinajstić information content (AvgIpc) is 3.10. The van der Waals surface area contributed by atoms with Crippen molar-refractivity contribution in [3.8, 4) is 0 Å². The van der Waals surface area contributed by atoms with Gasteiger partial charge in [-0.25, -0.2) is 0 Å². The van der Waals surface area contributed by atoms with Crippen molar-refractivity contribution in [2.45, 2.75) is 39.8 Å². The number of nitrogens with one attached hydrogen (secondary N) is 1. The van der Waals surface area contributed by atoms with Gasteiger partial charge in [-0.1, -0.05) is 6.07 Å². The maximum atomic E-state index is 12.4. The first-order valence-electron chi connectivity index (χ1n) is 7.49. The van der Waals surface area contributed by atoms with Crippen molar-refractivity contribution < 1.29 is 14.3 Å². The van der Waals surface area contributed by atoms with E-state index in [2.05, 4.69) is 20.7 Å². The van der Waals surface area contributed by atoms with Crippen LogP contribution in [0.15, 0.2) is 23.6 Å². The fourth-order valence-electron chi connectivity index (χ4n) is 2.52. The Morgan fingerprint density at radius 2 is 2.13 bits per heavy atom. The number of carbonyl (C=O) groups is 2. The number of carbonyl (C=O) groups excluding carboxylic acids is 2. The molecule has 0 aliphatic heterocycles. The largest absolute Gasteiger partial charge is 0.469 e. The number of hydrogen-bond acceptors (Lipinski definition) is 4. The highest BCUT2D eigenvalue weighted by molar-refractivity contribution is 7.09. The molecule has 0 saturated carbocycles. The van der Waals surface area contributed by atoms with E-state index < -0.39 is 0 Å². The Kier molecular flexibility index (Phi) is 5.60. The molecule has 0 radical (unpaired) electrons. The lowest BCUT2D eigenvalue weighted by atomic mass is 10.2. The zero-order valence-corrected chi connectivity index (χ0v) is 14.7. The molecule has 2 aromatic heterocycles. The lowest BCUT2D eigenvalue weighted by Crippen LogP contribution is -2.34. The maximum Gasteiger partial charge on any atom is 0.307 e. The molecule has 2 rings (SSSR count). The molecule has 0 aromatic carbocycles. The third-order valence-electron chi connectivity index (χ3n) is 3.79. The first-order chi connectivity index (χ1) is 10.9. The van der Waals surface area contributed by atoms with Gasteiger partial charge in [-0.05, 0) is 38.3 Å². The van der Waals surface area contributed by atoms with Crippen LogP contribution in [0.3, 0.4) is 0 Å². The van der Waals surface area contributed by atoms with Gasteiger partial charge in [0.1, 0.15) is 0 Å². The standard InChI is InChI=1S/C17H22N2O3S/c1-11(8-16(20)22-4)18-17(21)15-9-12(2)19(13(15)3)10-14-6-5-7-23-14/h5-7,9,11H,8,10H2,1-4H3,(H,18,21). The normalized spacial score (nSPS) is 12.0. The van der Waals surface area contributed by atoms with Gasteiger partial charge in [0.25, 0.3) is 5.91 Å². The minimum absolute atomic E-state index is 0.160. The van der Waals surface area contributed by atoms with Crippen molar-refractivity contribution in [2.75, 3.05) is 7.11 Å². The van der Waals surface area contributed by atoms with Crippen LogP contribution in [0.25, 0.3) is 0 Å². The Morgan fingerprint density at radius 3 is 2.74 bits per heavy atom. The fraction of sp³-hybridized carbons (Fsp3) is 0.412. The summed E-state index contributed by atoms with van der Waals surface area (Å²) in [5.41, 5.74) is 2.62. The van der Waals surface area contributed by atoms with E-state index in [4.69, 9.17) is 0 Å². The van der Waals surface area contributed by atoms with E-state index >= 15 is 0 Å². The molecule has 1 unspecified atom stereocenters. The van der Waals surface area contributed by atoms with Crippen LogP contribution in [0.2, 0.25) is 0 Å². The molecule has 6 heteroatoms. The maximum absolute atomic E-state index is 12.4. The van der Waals surface area contributed by atoms with Crippen molar-refractivity contribution in [1.82, 2.24) is 9.88 Å². The van der Waals surface area contributed by atoms with Crippen molar-refractivity contribution in [2.24, 2.45) is 0 Å². The minimum atomic E-state index is -0.332. The number of ether oxygens (including phenoxy) is 1. The Labute approximate surface area is 140 Å². The second-order valence-electron chi connectivity index (χ2n) is 5.61. The molecule has 1 amide bonds. The number of rotatable bonds is 6. The van der Waals surface area contributed by atoms with E-state index in [-0.39, 0.29) is 24.3 Å². The van der Waals surface area contributed by atoms with Crippen LogP contribution >= 0.6 is 11.3 Å². The Balaban J connectivity index is 2.10. The van der Waals surface area contributed by atoms with Gasteiger partial charge in [0.05, 0.1) is 25.6 Å². The summed E-state index contributed by atoms with van der Waals surface area (Å²) < 4.78 is 6.75. The molecule has 0 fully saturated rings. The molecule has 2 heterocycles. The molecule has 0 aliphatic rings. The molecule has 2 aromatic rings. The molecule has 0 bridgehead atoms. The third kappa shape index (κ3) is 4.22. The van der Waals surface area contributed by atoms with E-state index in [1.165, 1.54) is 12.0 Å². The summed E-state index contributed by atoms with van der Waals surface area (Å²) in [5.74, 6) is -0.493. The van der Waals surface area contributed by atoms with E-state index in [9.17, 15) is 9.59 Å². The summed E-state index contributed by atoms with van der Waals surface area (Å²) in [5, 5.41) is 4.90. The molecule has 0 saturated heterocycles. The number of amides is 1. The highest BCUT2D eigenvalue weighted by Gasteiger charge is 2.19. The zero-order valence-electron chi connectivity index (χ0n) is 13.9. The van der Waals surface area contributed by atoms with Gasteiger partial charge in [-0.15, -0.1) is 11.3 Å². The monoisotopic (exact) mass is 334 g/mol. The van der Waals surface area contributed by atoms with Gasteiger partial charge in [-0.3, -0.25) is 9.59 Å². The quantitative estimate of drug-likeness (QED) is 0.826. The van der Waals surface area contributed by atoms with Crippen LogP contribution in [0.1, 0.15) is 40.0 Å². The molecular formula is C17H22N2O3S. The molecule has 124 valence electrons. The van der Waals surface area contributed by atoms with Crippen LogP contribution < -0.4 is 5.32 Å². The zero-order chi connectivity index (χ0) is 17.0. The van der Waals surface area contributed by atoms with Gasteiger partial charge in [-0.2, -0.15) is 0 Å². The molecule has 23 heavy (non-hydrogen) atoms. The van der Waals surface area contributed by atoms with Crippen LogP contribution in [0.5, 0.6) is 0 Å². The lowest BCUT2D eigenvalue weighted by Gasteiger charge is -2.13. The number of aryl methyl sites for hydroxylation is 1. The number of esters is 1. The predicted molar refractivity (Wildman–Crippen MR) is 90.9 cm³/mol. The van der Waals surface area contributed by atoms with Crippen molar-refractivity contribution in [3.05, 3.63) is 45.4 Å². The smallest absolute Gasteiger partial charge is 0.307 e. The number of methoxy groups -OCH3 is 1. The summed E-state index contributed by atoms with van der Waals surface area (Å²) in [4.78, 5) is 25.0. The highest BCUT2D eigenvalue weighted by atomic mass is 32.1. The first kappa shape index (κ1) is 17.3. The first-order valence-corrected chi connectivity index (χ1v) is 8.37. The fourth-order valence-corrected chi connectivity index (χ4v) is 3.21. The summed E-state index contributed by atoms with van der Waals surface area (Å²) in [6.45, 7) is 6.50. The van der Waals surface area contributed by atoms with E-state index in [0.29, 0.717) is 5.56 Å². The van der Waals surface area contributed by atoms with E-state index in [0.717, 1.165) is 17.9 Å². The SMILES string of the molecule is COC(=O)CC(C)NC(=O)c1cc(C)n(Cc2cccs2)c1C. The van der Waals surface area contributed by atoms with Gasteiger partial charge in [0, 0.05) is 22.3 Å². The van der Waals surface area contributed by atoms with Crippen molar-refractivity contribution >= 4 is 23.2 Å². The number of nitrogens with zero attached hydrogens (tertiary/aromatic N) is 1. The topological polar surface area (TPSA) is 60.3 Å². The number of hydrogen-bond donors (Lipinski definition) is 1. The van der Waals surface area contributed by atoms with E-state index in [1.807, 2.05) is 31.4 Å². The molecular weight excluding hydrogens is 312 g/mol. The lowest BCUT2D eigenvalue weighted by molar-refractivity contribution is -0.141. The summed E-state index contributed by atoms with van der Waals surface area (Å²) >= 11 is 1.70. The highest BCUT2D eigenvalue weighted by Crippen LogP contribution is 2.19. The molecule has 1 N–H and O–H groups in total. The Morgan fingerprint density at radius 1 is 1.39 bits per heavy atom. The van der Waals surface area contributed by atoms with Gasteiger partial charge < -0.3 is 14.6 Å². The van der Waals surface area contributed by atoms with Gasteiger partial charge >= 0.3 is 5.97 Å².